The number of benzene rings is 1. The van der Waals surface area contributed by atoms with Gasteiger partial charge in [-0.3, -0.25) is 4.79 Å². The first-order valence-corrected chi connectivity index (χ1v) is 6.74. The van der Waals surface area contributed by atoms with Crippen molar-refractivity contribution in [3.8, 4) is 6.07 Å². The average Bonchev–Trinajstić information content (AvgIpc) is 2.43. The maximum absolute atomic E-state index is 12.2. The summed E-state index contributed by atoms with van der Waals surface area (Å²) < 4.78 is 0. The van der Waals surface area contributed by atoms with Crippen LogP contribution in [-0.4, -0.2) is 36.5 Å². The number of anilines is 1. The highest BCUT2D eigenvalue weighted by Gasteiger charge is 2.12. The summed E-state index contributed by atoms with van der Waals surface area (Å²) in [6, 6.07) is 8.44. The largest absolute Gasteiger partial charge is 0.341 e. The van der Waals surface area contributed by atoms with Crippen LogP contribution in [0.4, 0.5) is 10.5 Å². The van der Waals surface area contributed by atoms with Gasteiger partial charge >= 0.3 is 6.03 Å². The van der Waals surface area contributed by atoms with E-state index in [-0.39, 0.29) is 24.4 Å². The molecule has 1 aromatic carbocycles. The van der Waals surface area contributed by atoms with Gasteiger partial charge in [-0.15, -0.1) is 0 Å². The zero-order chi connectivity index (χ0) is 15.8. The van der Waals surface area contributed by atoms with Crippen molar-refractivity contribution in [3.63, 3.8) is 0 Å². The molecule has 0 aliphatic carbocycles. The van der Waals surface area contributed by atoms with Crippen LogP contribution in [0.1, 0.15) is 30.6 Å². The first-order chi connectivity index (χ1) is 9.93. The predicted molar refractivity (Wildman–Crippen MR) is 80.9 cm³/mol. The number of nitrogens with zero attached hydrogens (tertiary/aromatic N) is 2. The summed E-state index contributed by atoms with van der Waals surface area (Å²) in [5.41, 5.74) is 1.02. The molecule has 0 aromatic heterocycles. The van der Waals surface area contributed by atoms with Gasteiger partial charge in [0.2, 0.25) is 0 Å². The van der Waals surface area contributed by atoms with Gasteiger partial charge in [0.15, 0.2) is 0 Å². The van der Waals surface area contributed by atoms with Crippen molar-refractivity contribution >= 4 is 17.6 Å². The number of carbonyl (C=O) groups is 2. The summed E-state index contributed by atoms with van der Waals surface area (Å²) in [6.45, 7) is 4.11. The van der Waals surface area contributed by atoms with Crippen molar-refractivity contribution < 1.29 is 9.59 Å². The third-order valence-electron chi connectivity index (χ3n) is 2.69. The van der Waals surface area contributed by atoms with Gasteiger partial charge in [-0.05, 0) is 32.0 Å². The normalized spacial score (nSPS) is 9.86. The van der Waals surface area contributed by atoms with Gasteiger partial charge in [0.1, 0.15) is 0 Å². The van der Waals surface area contributed by atoms with Gasteiger partial charge in [-0.2, -0.15) is 5.26 Å². The highest BCUT2D eigenvalue weighted by Crippen LogP contribution is 2.12. The Kier molecular flexibility index (Phi) is 6.21. The van der Waals surface area contributed by atoms with Crippen LogP contribution < -0.4 is 10.6 Å². The van der Waals surface area contributed by atoms with Crippen LogP contribution in [0.2, 0.25) is 0 Å². The predicted octanol–water partition coefficient (Wildman–Crippen LogP) is 2.20. The Morgan fingerprint density at radius 3 is 2.71 bits per heavy atom. The summed E-state index contributed by atoms with van der Waals surface area (Å²) in [5, 5.41) is 13.9. The van der Waals surface area contributed by atoms with Crippen LogP contribution >= 0.6 is 0 Å². The molecule has 0 fully saturated rings. The van der Waals surface area contributed by atoms with Crippen molar-refractivity contribution in [1.82, 2.24) is 10.2 Å². The second-order valence-electron chi connectivity index (χ2n) is 4.97. The number of hydrogen-bond acceptors (Lipinski definition) is 3. The minimum Gasteiger partial charge on any atom is -0.341 e. The van der Waals surface area contributed by atoms with E-state index < -0.39 is 0 Å². The molecule has 0 atom stereocenters. The molecular formula is C15H20N4O2. The summed E-state index contributed by atoms with van der Waals surface area (Å²) >= 11 is 0. The summed E-state index contributed by atoms with van der Waals surface area (Å²) in [7, 11) is 1.64. The van der Waals surface area contributed by atoms with Crippen molar-refractivity contribution in [2.75, 3.05) is 18.9 Å². The lowest BCUT2D eigenvalue weighted by atomic mass is 10.1. The molecule has 0 saturated carbocycles. The fourth-order valence-electron chi connectivity index (χ4n) is 1.70. The topological polar surface area (TPSA) is 85.2 Å². The lowest BCUT2D eigenvalue weighted by molar-refractivity contribution is 0.0798. The van der Waals surface area contributed by atoms with Crippen LogP contribution in [0, 0.1) is 11.3 Å². The van der Waals surface area contributed by atoms with Crippen LogP contribution in [-0.2, 0) is 0 Å². The van der Waals surface area contributed by atoms with Crippen molar-refractivity contribution in [2.24, 2.45) is 0 Å². The lowest BCUT2D eigenvalue weighted by Crippen LogP contribution is -2.34. The highest BCUT2D eigenvalue weighted by atomic mass is 16.2. The smallest absolute Gasteiger partial charge is 0.319 e. The van der Waals surface area contributed by atoms with Gasteiger partial charge in [0.05, 0.1) is 12.5 Å². The van der Waals surface area contributed by atoms with Crippen LogP contribution in [0.3, 0.4) is 0 Å². The van der Waals surface area contributed by atoms with E-state index in [1.807, 2.05) is 19.9 Å². The molecule has 3 amide bonds. The molecule has 0 aliphatic heterocycles. The molecule has 21 heavy (non-hydrogen) atoms. The molecule has 0 radical (unpaired) electrons. The number of urea groups is 1. The zero-order valence-electron chi connectivity index (χ0n) is 12.5. The number of rotatable bonds is 5. The van der Waals surface area contributed by atoms with E-state index in [1.165, 1.54) is 4.90 Å². The number of carbonyl (C=O) groups excluding carboxylic acids is 2. The van der Waals surface area contributed by atoms with Crippen molar-refractivity contribution in [3.05, 3.63) is 29.8 Å². The Hall–Kier alpha value is -2.55. The monoisotopic (exact) mass is 288 g/mol. The molecule has 6 nitrogen and oxygen atoms in total. The summed E-state index contributed by atoms with van der Waals surface area (Å²) in [5.74, 6) is -0.182. The Labute approximate surface area is 124 Å². The fourth-order valence-corrected chi connectivity index (χ4v) is 1.70. The van der Waals surface area contributed by atoms with E-state index in [0.717, 1.165) is 0 Å². The Balaban J connectivity index is 2.74. The molecule has 1 rings (SSSR count). The van der Waals surface area contributed by atoms with Crippen LogP contribution in [0.15, 0.2) is 24.3 Å². The molecule has 0 aliphatic rings. The van der Waals surface area contributed by atoms with Gasteiger partial charge in [0, 0.05) is 30.9 Å². The van der Waals surface area contributed by atoms with E-state index in [4.69, 9.17) is 5.26 Å². The average molecular weight is 288 g/mol. The molecule has 0 bridgehead atoms. The Bertz CT molecular complexity index is 549. The molecule has 112 valence electrons. The van der Waals surface area contributed by atoms with Crippen LogP contribution in [0.25, 0.3) is 0 Å². The SMILES string of the molecule is CC(C)NC(=O)Nc1cccc(C(=O)N(C)CCC#N)c1. The quantitative estimate of drug-likeness (QED) is 0.871. The first kappa shape index (κ1) is 16.5. The van der Waals surface area contributed by atoms with Gasteiger partial charge in [0.25, 0.3) is 5.91 Å². The van der Waals surface area contributed by atoms with Crippen LogP contribution in [0.5, 0.6) is 0 Å². The lowest BCUT2D eigenvalue weighted by Gasteiger charge is -2.16. The molecule has 0 unspecified atom stereocenters. The maximum Gasteiger partial charge on any atom is 0.319 e. The number of nitriles is 1. The molecule has 6 heteroatoms. The molecule has 0 spiro atoms. The number of amides is 3. The third kappa shape index (κ3) is 5.53. The standard InChI is InChI=1S/C15H20N4O2/c1-11(2)17-15(21)18-13-7-4-6-12(10-13)14(20)19(3)9-5-8-16/h4,6-7,10-11H,5,9H2,1-3H3,(H2,17,18,21). The molecule has 0 heterocycles. The molecule has 0 saturated heterocycles. The van der Waals surface area contributed by atoms with Crippen molar-refractivity contribution in [2.45, 2.75) is 26.3 Å². The number of nitrogens with one attached hydrogen (secondary N) is 2. The molecule has 1 aromatic rings. The third-order valence-corrected chi connectivity index (χ3v) is 2.69. The maximum atomic E-state index is 12.2. The van der Waals surface area contributed by atoms with Gasteiger partial charge < -0.3 is 15.5 Å². The zero-order valence-corrected chi connectivity index (χ0v) is 12.5. The Morgan fingerprint density at radius 2 is 2.10 bits per heavy atom. The van der Waals surface area contributed by atoms with Gasteiger partial charge in [-0.1, -0.05) is 6.07 Å². The highest BCUT2D eigenvalue weighted by molar-refractivity contribution is 5.96. The second kappa shape index (κ2) is 7.90. The Morgan fingerprint density at radius 1 is 1.38 bits per heavy atom. The van der Waals surface area contributed by atoms with E-state index in [1.54, 1.807) is 31.3 Å². The van der Waals surface area contributed by atoms with E-state index in [0.29, 0.717) is 17.8 Å². The minimum atomic E-state index is -0.313. The number of hydrogen-bond donors (Lipinski definition) is 2. The van der Waals surface area contributed by atoms with E-state index >= 15 is 0 Å². The fraction of sp³-hybridized carbons (Fsp3) is 0.400. The van der Waals surface area contributed by atoms with Gasteiger partial charge in [-0.25, -0.2) is 4.79 Å². The second-order valence-corrected chi connectivity index (χ2v) is 4.97. The van der Waals surface area contributed by atoms with Crippen molar-refractivity contribution in [1.29, 1.82) is 5.26 Å². The molecule has 2 N–H and O–H groups in total. The van der Waals surface area contributed by atoms with E-state index in [9.17, 15) is 9.59 Å². The first-order valence-electron chi connectivity index (χ1n) is 6.74. The summed E-state index contributed by atoms with van der Waals surface area (Å²) in [6.07, 6.45) is 0.289. The summed E-state index contributed by atoms with van der Waals surface area (Å²) in [4.78, 5) is 25.3. The molecular weight excluding hydrogens is 268 g/mol. The van der Waals surface area contributed by atoms with E-state index in [2.05, 4.69) is 10.6 Å². The minimum absolute atomic E-state index is 0.0342.